The van der Waals surface area contributed by atoms with Crippen molar-refractivity contribution in [2.45, 2.75) is 24.9 Å². The summed E-state index contributed by atoms with van der Waals surface area (Å²) in [5, 5.41) is 10.9. The largest absolute Gasteiger partial charge is 0.388 e. The molecule has 0 spiro atoms. The van der Waals surface area contributed by atoms with Crippen LogP contribution in [0.1, 0.15) is 36.0 Å². The summed E-state index contributed by atoms with van der Waals surface area (Å²) < 4.78 is 1.04. The van der Waals surface area contributed by atoms with Crippen LogP contribution in [0.3, 0.4) is 0 Å². The summed E-state index contributed by atoms with van der Waals surface area (Å²) >= 11 is 3.46. The second kappa shape index (κ2) is 7.40. The Morgan fingerprint density at radius 1 is 0.909 bits per heavy atom. The van der Waals surface area contributed by atoms with Crippen molar-refractivity contribution in [3.63, 3.8) is 0 Å². The van der Waals surface area contributed by atoms with Crippen molar-refractivity contribution >= 4 is 15.9 Å². The van der Waals surface area contributed by atoms with Gasteiger partial charge in [-0.15, -0.1) is 0 Å². The Hall–Kier alpha value is -1.16. The molecule has 2 aromatic rings. The Labute approximate surface area is 140 Å². The van der Waals surface area contributed by atoms with Gasteiger partial charge in [-0.3, -0.25) is 0 Å². The van der Waals surface area contributed by atoms with Crippen LogP contribution < -0.4 is 0 Å². The van der Waals surface area contributed by atoms with Gasteiger partial charge in [-0.05, 0) is 49.2 Å². The van der Waals surface area contributed by atoms with Crippen molar-refractivity contribution < 1.29 is 5.11 Å². The minimum Gasteiger partial charge on any atom is -0.388 e. The Kier molecular flexibility index (Phi) is 5.29. The quantitative estimate of drug-likeness (QED) is 0.856. The van der Waals surface area contributed by atoms with Crippen molar-refractivity contribution in [1.29, 1.82) is 0 Å². The fourth-order valence-electron chi connectivity index (χ4n) is 3.22. The molecule has 1 aliphatic heterocycles. The molecule has 1 heterocycles. The number of aliphatic hydroxyl groups is 1. The topological polar surface area (TPSA) is 23.5 Å². The molecule has 2 aromatic carbocycles. The molecule has 0 unspecified atom stereocenters. The number of benzene rings is 2. The summed E-state index contributed by atoms with van der Waals surface area (Å²) in [7, 11) is 0. The van der Waals surface area contributed by atoms with Crippen molar-refractivity contribution in [2.24, 2.45) is 0 Å². The summed E-state index contributed by atoms with van der Waals surface area (Å²) in [6.07, 6.45) is 2.07. The molecular formula is C19H22BrNO. The second-order valence-corrected chi connectivity index (χ2v) is 6.94. The zero-order chi connectivity index (χ0) is 15.4. The highest BCUT2D eigenvalue weighted by Crippen LogP contribution is 2.33. The maximum absolute atomic E-state index is 10.9. The van der Waals surface area contributed by atoms with E-state index in [9.17, 15) is 5.11 Å². The predicted octanol–water partition coefficient (Wildman–Crippen LogP) is 4.36. The van der Waals surface area contributed by atoms with Gasteiger partial charge in [0.05, 0.1) is 6.10 Å². The summed E-state index contributed by atoms with van der Waals surface area (Å²) in [5.41, 5.74) is 2.20. The van der Waals surface area contributed by atoms with E-state index in [-0.39, 0.29) is 5.92 Å². The smallest absolute Gasteiger partial charge is 0.0870 e. The zero-order valence-corrected chi connectivity index (χ0v) is 14.2. The monoisotopic (exact) mass is 359 g/mol. The van der Waals surface area contributed by atoms with Crippen molar-refractivity contribution in [1.82, 2.24) is 4.90 Å². The maximum atomic E-state index is 10.9. The highest BCUT2D eigenvalue weighted by Gasteiger charge is 2.26. The Balaban J connectivity index is 1.84. The first-order chi connectivity index (χ1) is 10.7. The van der Waals surface area contributed by atoms with Gasteiger partial charge in [-0.25, -0.2) is 0 Å². The van der Waals surface area contributed by atoms with Crippen LogP contribution in [-0.4, -0.2) is 29.6 Å². The number of aliphatic hydroxyl groups excluding tert-OH is 1. The standard InChI is InChI=1S/C19H22BrNO/c20-17-10-8-16(9-11-17)19(22)18(14-21-12-4-5-13-21)15-6-2-1-3-7-15/h1-3,6-11,18-19,22H,4-5,12-14H2/t18-,19-/m0/s1. The lowest BCUT2D eigenvalue weighted by Gasteiger charge is -2.28. The highest BCUT2D eigenvalue weighted by atomic mass is 79.9. The molecule has 1 saturated heterocycles. The van der Waals surface area contributed by atoms with Gasteiger partial charge in [0.25, 0.3) is 0 Å². The molecule has 116 valence electrons. The molecule has 0 radical (unpaired) electrons. The molecule has 0 aliphatic carbocycles. The third-order valence-corrected chi connectivity index (χ3v) is 5.00. The Morgan fingerprint density at radius 2 is 1.55 bits per heavy atom. The minimum atomic E-state index is -0.476. The molecule has 2 atom stereocenters. The van der Waals surface area contributed by atoms with Crippen LogP contribution in [-0.2, 0) is 0 Å². The SMILES string of the molecule is O[C@@H](c1ccc(Br)cc1)[C@@H](CN1CCCC1)c1ccccc1. The molecule has 3 heteroatoms. The second-order valence-electron chi connectivity index (χ2n) is 6.02. The number of likely N-dealkylation sites (tertiary alicyclic amines) is 1. The van der Waals surface area contributed by atoms with E-state index < -0.39 is 6.10 Å². The van der Waals surface area contributed by atoms with E-state index in [4.69, 9.17) is 0 Å². The molecule has 0 aromatic heterocycles. The lowest BCUT2D eigenvalue weighted by Crippen LogP contribution is -2.29. The van der Waals surface area contributed by atoms with E-state index in [1.54, 1.807) is 0 Å². The van der Waals surface area contributed by atoms with Crippen LogP contribution in [0.5, 0.6) is 0 Å². The average molecular weight is 360 g/mol. The number of rotatable bonds is 5. The van der Waals surface area contributed by atoms with Gasteiger partial charge in [-0.2, -0.15) is 0 Å². The third kappa shape index (κ3) is 3.78. The minimum absolute atomic E-state index is 0.112. The van der Waals surface area contributed by atoms with Crippen molar-refractivity contribution in [3.8, 4) is 0 Å². The zero-order valence-electron chi connectivity index (χ0n) is 12.7. The van der Waals surface area contributed by atoms with Crippen LogP contribution in [0.4, 0.5) is 0 Å². The summed E-state index contributed by atoms with van der Waals surface area (Å²) in [6.45, 7) is 3.22. The van der Waals surface area contributed by atoms with Crippen molar-refractivity contribution in [2.75, 3.05) is 19.6 Å². The molecule has 0 bridgehead atoms. The van der Waals surface area contributed by atoms with Crippen molar-refractivity contribution in [3.05, 3.63) is 70.2 Å². The van der Waals surface area contributed by atoms with E-state index >= 15 is 0 Å². The maximum Gasteiger partial charge on any atom is 0.0870 e. The van der Waals surface area contributed by atoms with Crippen LogP contribution in [0.15, 0.2) is 59.1 Å². The molecule has 0 saturated carbocycles. The first-order valence-electron chi connectivity index (χ1n) is 7.95. The van der Waals surface area contributed by atoms with Crippen LogP contribution in [0.2, 0.25) is 0 Å². The molecule has 3 rings (SSSR count). The summed E-state index contributed by atoms with van der Waals surface area (Å²) in [4.78, 5) is 2.47. The number of nitrogens with zero attached hydrogens (tertiary/aromatic N) is 1. The van der Waals surface area contributed by atoms with Crippen LogP contribution in [0, 0.1) is 0 Å². The highest BCUT2D eigenvalue weighted by molar-refractivity contribution is 9.10. The van der Waals surface area contributed by atoms with Gasteiger partial charge in [-0.1, -0.05) is 58.4 Å². The van der Waals surface area contributed by atoms with Crippen LogP contribution in [0.25, 0.3) is 0 Å². The van der Waals surface area contributed by atoms with Crippen LogP contribution >= 0.6 is 15.9 Å². The Bertz CT molecular complexity index is 578. The molecule has 2 nitrogen and oxygen atoms in total. The number of hydrogen-bond donors (Lipinski definition) is 1. The van der Waals surface area contributed by atoms with Gasteiger partial charge in [0.15, 0.2) is 0 Å². The van der Waals surface area contributed by atoms with E-state index in [1.807, 2.05) is 30.3 Å². The lowest BCUT2D eigenvalue weighted by atomic mass is 9.88. The number of halogens is 1. The molecule has 1 fully saturated rings. The first kappa shape index (κ1) is 15.7. The molecule has 22 heavy (non-hydrogen) atoms. The van der Waals surface area contributed by atoms with Gasteiger partial charge in [0.1, 0.15) is 0 Å². The molecule has 1 aliphatic rings. The molecule has 1 N–H and O–H groups in total. The fraction of sp³-hybridized carbons (Fsp3) is 0.368. The van der Waals surface area contributed by atoms with Gasteiger partial charge in [0, 0.05) is 16.9 Å². The van der Waals surface area contributed by atoms with E-state index in [2.05, 4.69) is 45.1 Å². The van der Waals surface area contributed by atoms with E-state index in [0.29, 0.717) is 0 Å². The first-order valence-corrected chi connectivity index (χ1v) is 8.74. The summed E-state index contributed by atoms with van der Waals surface area (Å²) in [6, 6.07) is 18.4. The van der Waals surface area contributed by atoms with Gasteiger partial charge >= 0.3 is 0 Å². The van der Waals surface area contributed by atoms with E-state index in [1.165, 1.54) is 18.4 Å². The summed E-state index contributed by atoms with van der Waals surface area (Å²) in [5.74, 6) is 0.112. The van der Waals surface area contributed by atoms with Gasteiger partial charge < -0.3 is 10.0 Å². The Morgan fingerprint density at radius 3 is 2.18 bits per heavy atom. The third-order valence-electron chi connectivity index (χ3n) is 4.47. The fourth-order valence-corrected chi connectivity index (χ4v) is 3.49. The molecule has 0 amide bonds. The molecular weight excluding hydrogens is 338 g/mol. The number of hydrogen-bond acceptors (Lipinski definition) is 2. The van der Waals surface area contributed by atoms with E-state index in [0.717, 1.165) is 29.7 Å². The van der Waals surface area contributed by atoms with Gasteiger partial charge in [0.2, 0.25) is 0 Å². The average Bonchev–Trinajstić information content (AvgIpc) is 3.07. The predicted molar refractivity (Wildman–Crippen MR) is 94.0 cm³/mol. The normalized spacial score (nSPS) is 18.3. The lowest BCUT2D eigenvalue weighted by molar-refractivity contribution is 0.123.